The first kappa shape index (κ1) is 12.2. The number of carbonyl (C=O) groups excluding carboxylic acids is 1. The first-order chi connectivity index (χ1) is 8.74. The maximum atomic E-state index is 11.1. The van der Waals surface area contributed by atoms with Gasteiger partial charge in [0.25, 0.3) is 0 Å². The highest BCUT2D eigenvalue weighted by atomic mass is 79.9. The fourth-order valence-corrected chi connectivity index (χ4v) is 3.52. The van der Waals surface area contributed by atoms with Crippen molar-refractivity contribution >= 4 is 21.8 Å². The van der Waals surface area contributed by atoms with Crippen molar-refractivity contribution in [2.24, 2.45) is 0 Å². The highest BCUT2D eigenvalue weighted by molar-refractivity contribution is 9.10. The molecule has 1 saturated heterocycles. The van der Waals surface area contributed by atoms with Gasteiger partial charge in [0, 0.05) is 29.5 Å². The molecule has 1 aromatic rings. The molecule has 2 unspecified atom stereocenters. The molecule has 3 rings (SSSR count). The summed E-state index contributed by atoms with van der Waals surface area (Å²) in [5.74, 6) is 0.191. The third kappa shape index (κ3) is 2.31. The van der Waals surface area contributed by atoms with E-state index in [1.807, 2.05) is 0 Å². The molecule has 2 aliphatic rings. The number of carbonyl (C=O) groups is 1. The zero-order valence-electron chi connectivity index (χ0n) is 10.2. The lowest BCUT2D eigenvalue weighted by molar-refractivity contribution is -0.119. The Balaban J connectivity index is 1.63. The number of hydrogen-bond acceptors (Lipinski definition) is 2. The molecule has 1 fully saturated rings. The molecule has 4 heteroatoms. The van der Waals surface area contributed by atoms with Gasteiger partial charge in [0.1, 0.15) is 0 Å². The Morgan fingerprint density at radius 1 is 1.33 bits per heavy atom. The third-order valence-corrected chi connectivity index (χ3v) is 4.65. The molecule has 96 valence electrons. The number of benzene rings is 1. The highest BCUT2D eigenvalue weighted by Gasteiger charge is 2.26. The summed E-state index contributed by atoms with van der Waals surface area (Å²) in [5, 5.41) is 6.59. The van der Waals surface area contributed by atoms with E-state index in [-0.39, 0.29) is 5.91 Å². The average molecular weight is 309 g/mol. The number of halogens is 1. The van der Waals surface area contributed by atoms with Gasteiger partial charge >= 0.3 is 0 Å². The zero-order valence-corrected chi connectivity index (χ0v) is 11.8. The molecule has 1 heterocycles. The minimum Gasteiger partial charge on any atom is -0.352 e. The topological polar surface area (TPSA) is 41.1 Å². The van der Waals surface area contributed by atoms with Crippen molar-refractivity contribution in [3.8, 4) is 0 Å². The summed E-state index contributed by atoms with van der Waals surface area (Å²) in [5.41, 5.74) is 2.85. The monoisotopic (exact) mass is 308 g/mol. The molecule has 2 atom stereocenters. The Kier molecular flexibility index (Phi) is 3.39. The molecule has 0 saturated carbocycles. The maximum absolute atomic E-state index is 11.1. The van der Waals surface area contributed by atoms with Crippen LogP contribution < -0.4 is 10.6 Å². The molecule has 1 amide bonds. The van der Waals surface area contributed by atoms with Crippen molar-refractivity contribution in [1.82, 2.24) is 10.6 Å². The Bertz CT molecular complexity index is 475. The number of rotatable bonds is 3. The number of nitrogens with one attached hydrogen (secondary N) is 2. The molecule has 0 aromatic heterocycles. The molecule has 18 heavy (non-hydrogen) atoms. The molecule has 1 aliphatic heterocycles. The van der Waals surface area contributed by atoms with E-state index >= 15 is 0 Å². The van der Waals surface area contributed by atoms with Gasteiger partial charge in [0.05, 0.1) is 0 Å². The van der Waals surface area contributed by atoms with Gasteiger partial charge in [-0.2, -0.15) is 0 Å². The van der Waals surface area contributed by atoms with E-state index in [0.29, 0.717) is 18.5 Å². The molecular weight excluding hydrogens is 292 g/mol. The minimum absolute atomic E-state index is 0.191. The van der Waals surface area contributed by atoms with E-state index in [9.17, 15) is 4.79 Å². The van der Waals surface area contributed by atoms with E-state index in [2.05, 4.69) is 44.8 Å². The van der Waals surface area contributed by atoms with Crippen molar-refractivity contribution in [2.45, 2.75) is 37.8 Å². The van der Waals surface area contributed by atoms with E-state index < -0.39 is 0 Å². The van der Waals surface area contributed by atoms with Gasteiger partial charge in [-0.15, -0.1) is 0 Å². The number of hydrogen-bond donors (Lipinski definition) is 2. The van der Waals surface area contributed by atoms with Crippen LogP contribution >= 0.6 is 15.9 Å². The van der Waals surface area contributed by atoms with Crippen LogP contribution in [0.1, 0.15) is 36.4 Å². The van der Waals surface area contributed by atoms with E-state index in [1.54, 1.807) is 0 Å². The van der Waals surface area contributed by atoms with Crippen LogP contribution in [-0.2, 0) is 11.2 Å². The van der Waals surface area contributed by atoms with Gasteiger partial charge in [-0.05, 0) is 36.5 Å². The van der Waals surface area contributed by atoms with E-state index in [0.717, 1.165) is 25.8 Å². The van der Waals surface area contributed by atoms with Crippen molar-refractivity contribution in [3.05, 3.63) is 33.8 Å². The maximum Gasteiger partial charge on any atom is 0.220 e. The molecule has 3 nitrogen and oxygen atoms in total. The molecule has 0 bridgehead atoms. The highest BCUT2D eigenvalue weighted by Crippen LogP contribution is 2.35. The Morgan fingerprint density at radius 2 is 2.22 bits per heavy atom. The van der Waals surface area contributed by atoms with Crippen LogP contribution in [0.2, 0.25) is 0 Å². The summed E-state index contributed by atoms with van der Waals surface area (Å²) >= 11 is 3.62. The fourth-order valence-electron chi connectivity index (χ4n) is 2.94. The van der Waals surface area contributed by atoms with Crippen molar-refractivity contribution in [2.75, 3.05) is 6.54 Å². The first-order valence-corrected chi connectivity index (χ1v) is 7.33. The lowest BCUT2D eigenvalue weighted by Gasteiger charge is -2.17. The average Bonchev–Trinajstić information content (AvgIpc) is 2.94. The Labute approximate surface area is 115 Å². The molecule has 2 N–H and O–H groups in total. The lowest BCUT2D eigenvalue weighted by Crippen LogP contribution is -2.36. The van der Waals surface area contributed by atoms with Crippen LogP contribution in [0, 0.1) is 0 Å². The van der Waals surface area contributed by atoms with Crippen molar-refractivity contribution in [3.63, 3.8) is 0 Å². The molecule has 0 spiro atoms. The lowest BCUT2D eigenvalue weighted by atomic mass is 10.1. The quantitative estimate of drug-likeness (QED) is 0.899. The predicted molar refractivity (Wildman–Crippen MR) is 74.4 cm³/mol. The van der Waals surface area contributed by atoms with Crippen LogP contribution in [-0.4, -0.2) is 18.5 Å². The van der Waals surface area contributed by atoms with Crippen molar-refractivity contribution in [1.29, 1.82) is 0 Å². The molecule has 1 aliphatic carbocycles. The van der Waals surface area contributed by atoms with Gasteiger partial charge in [-0.3, -0.25) is 4.79 Å². The summed E-state index contributed by atoms with van der Waals surface area (Å²) in [6, 6.07) is 7.17. The third-order valence-electron chi connectivity index (χ3n) is 3.91. The second-order valence-corrected chi connectivity index (χ2v) is 5.96. The molecular formula is C14H17BrN2O. The normalized spacial score (nSPS) is 26.2. The van der Waals surface area contributed by atoms with Crippen LogP contribution in [0.4, 0.5) is 0 Å². The second kappa shape index (κ2) is 5.02. The summed E-state index contributed by atoms with van der Waals surface area (Å²) in [4.78, 5) is 11.1. The molecule has 0 radical (unpaired) electrons. The number of fused-ring (bicyclic) bond motifs is 1. The van der Waals surface area contributed by atoms with Gasteiger partial charge in [-0.1, -0.05) is 28.1 Å². The first-order valence-electron chi connectivity index (χ1n) is 6.54. The predicted octanol–water partition coefficient (Wildman–Crippen LogP) is 2.30. The largest absolute Gasteiger partial charge is 0.352 e. The standard InChI is InChI=1S/C14H17BrN2O/c15-12-3-1-2-11-10(12)5-6-13(11)16-8-9-4-7-14(18)17-9/h1-3,9,13,16H,4-8H2,(H,17,18). The van der Waals surface area contributed by atoms with Gasteiger partial charge < -0.3 is 10.6 Å². The van der Waals surface area contributed by atoms with Crippen LogP contribution in [0.5, 0.6) is 0 Å². The summed E-state index contributed by atoms with van der Waals surface area (Å²) in [7, 11) is 0. The number of amides is 1. The smallest absolute Gasteiger partial charge is 0.220 e. The Morgan fingerprint density at radius 3 is 3.00 bits per heavy atom. The second-order valence-electron chi connectivity index (χ2n) is 5.11. The van der Waals surface area contributed by atoms with Gasteiger partial charge in [0.15, 0.2) is 0 Å². The van der Waals surface area contributed by atoms with Gasteiger partial charge in [-0.25, -0.2) is 0 Å². The summed E-state index contributed by atoms with van der Waals surface area (Å²) < 4.78 is 1.22. The minimum atomic E-state index is 0.191. The van der Waals surface area contributed by atoms with E-state index in [4.69, 9.17) is 0 Å². The van der Waals surface area contributed by atoms with Gasteiger partial charge in [0.2, 0.25) is 5.91 Å². The Hall–Kier alpha value is -0.870. The summed E-state index contributed by atoms with van der Waals surface area (Å²) in [6.07, 6.45) is 3.92. The van der Waals surface area contributed by atoms with E-state index in [1.165, 1.54) is 15.6 Å². The van der Waals surface area contributed by atoms with Crippen LogP contribution in [0.3, 0.4) is 0 Å². The SMILES string of the molecule is O=C1CCC(CNC2CCc3c(Br)cccc32)N1. The zero-order chi connectivity index (χ0) is 12.5. The van der Waals surface area contributed by atoms with Crippen LogP contribution in [0.15, 0.2) is 22.7 Å². The molecule has 1 aromatic carbocycles. The van der Waals surface area contributed by atoms with Crippen LogP contribution in [0.25, 0.3) is 0 Å². The summed E-state index contributed by atoms with van der Waals surface area (Å²) in [6.45, 7) is 0.877. The fraction of sp³-hybridized carbons (Fsp3) is 0.500. The van der Waals surface area contributed by atoms with Crippen molar-refractivity contribution < 1.29 is 4.79 Å².